The van der Waals surface area contributed by atoms with Crippen molar-refractivity contribution in [1.82, 2.24) is 4.31 Å². The molecule has 1 unspecified atom stereocenters. The summed E-state index contributed by atoms with van der Waals surface area (Å²) in [6.07, 6.45) is -5.18. The Bertz CT molecular complexity index is 1510. The Labute approximate surface area is 260 Å². The Kier molecular flexibility index (Phi) is 12.2. The van der Waals surface area contributed by atoms with Gasteiger partial charge in [-0.2, -0.15) is 17.5 Å². The van der Waals surface area contributed by atoms with Gasteiger partial charge >= 0.3 is 18.1 Å². The Hall–Kier alpha value is -3.61. The first-order valence-electron chi connectivity index (χ1n) is 13.6. The van der Waals surface area contributed by atoms with Crippen LogP contribution in [-0.4, -0.2) is 48.9 Å². The number of carbonyl (C=O) groups is 2. The first-order valence-corrected chi connectivity index (χ1v) is 16.0. The molecule has 0 saturated heterocycles. The fraction of sp³-hybridized carbons (Fsp3) is 0.312. The van der Waals surface area contributed by atoms with Crippen LogP contribution in [0.15, 0.2) is 101 Å². The van der Waals surface area contributed by atoms with Gasteiger partial charge in [-0.05, 0) is 50.1 Å². The molecule has 0 aliphatic heterocycles. The number of esters is 2. The number of hydrogen-bond acceptors (Lipinski definition) is 7. The molecule has 7 nitrogen and oxygen atoms in total. The average Bonchev–Trinajstić information content (AvgIpc) is 2.97. The van der Waals surface area contributed by atoms with E-state index in [4.69, 9.17) is 9.47 Å². The number of thioether (sulfide) groups is 1. The predicted octanol–water partition coefficient (Wildman–Crippen LogP) is 7.16. The topological polar surface area (TPSA) is 90.0 Å². The lowest BCUT2D eigenvalue weighted by Crippen LogP contribution is -2.49. The molecular weight excluding hydrogens is 615 g/mol. The van der Waals surface area contributed by atoms with E-state index in [1.807, 2.05) is 6.92 Å². The van der Waals surface area contributed by atoms with Crippen molar-refractivity contribution in [2.24, 2.45) is 0 Å². The number of halogens is 3. The molecule has 3 rings (SSSR count). The van der Waals surface area contributed by atoms with Crippen LogP contribution >= 0.6 is 11.8 Å². The molecule has 0 aliphatic rings. The predicted molar refractivity (Wildman–Crippen MR) is 162 cm³/mol. The highest BCUT2D eigenvalue weighted by atomic mass is 32.2. The van der Waals surface area contributed by atoms with E-state index in [9.17, 15) is 31.2 Å². The minimum atomic E-state index is -5.35. The quantitative estimate of drug-likeness (QED) is 0.0793. The normalized spacial score (nSPS) is 14.0. The number of sulfonamides is 1. The highest BCUT2D eigenvalue weighted by Gasteiger charge is 2.46. The second kappa shape index (κ2) is 15.4. The molecule has 0 spiro atoms. The number of rotatable bonds is 14. The SMILES string of the molecule is C=CCCN([C@H](C[C@@H](OC(C)=O)c1ccccc1)C(OC(=O)C(F)(F)F)Sc1ccc(C)cc1)S(=O)(=O)c1ccc(C)cc1. The number of carbonyl (C=O) groups excluding carboxylic acids is 2. The standard InChI is InChI=1S/C32H34F3NO6S2/c1-5-6-20-36(44(39,40)27-18-14-23(3)15-19-27)28(21-29(41-24(4)37)25-10-8-7-9-11-25)30(42-31(38)32(33,34)35)43-26-16-12-22(2)13-17-26/h5,7-19,28-30H,1,6,20-21H2,2-4H3/t28-,29-,30?/m1/s1. The van der Waals surface area contributed by atoms with Crippen molar-refractivity contribution < 1.29 is 40.7 Å². The number of alkyl halides is 3. The van der Waals surface area contributed by atoms with Crippen LogP contribution in [0.3, 0.4) is 0 Å². The number of hydrogen-bond donors (Lipinski definition) is 0. The molecule has 3 atom stereocenters. The molecule has 236 valence electrons. The van der Waals surface area contributed by atoms with Crippen molar-refractivity contribution in [2.45, 2.75) is 67.2 Å². The number of benzene rings is 3. The Balaban J connectivity index is 2.25. The largest absolute Gasteiger partial charge is 0.490 e. The smallest absolute Gasteiger partial charge is 0.458 e. The van der Waals surface area contributed by atoms with Crippen LogP contribution in [0, 0.1) is 13.8 Å². The van der Waals surface area contributed by atoms with E-state index in [0.29, 0.717) is 10.5 Å². The maximum absolute atomic E-state index is 14.2. The maximum atomic E-state index is 14.2. The summed E-state index contributed by atoms with van der Waals surface area (Å²) in [6.45, 7) is 8.25. The highest BCUT2D eigenvalue weighted by molar-refractivity contribution is 8.00. The van der Waals surface area contributed by atoms with Crippen molar-refractivity contribution in [3.63, 3.8) is 0 Å². The molecule has 44 heavy (non-hydrogen) atoms. The van der Waals surface area contributed by atoms with E-state index in [1.54, 1.807) is 73.7 Å². The molecule has 3 aromatic carbocycles. The first-order chi connectivity index (χ1) is 20.7. The van der Waals surface area contributed by atoms with Gasteiger partial charge in [-0.3, -0.25) is 4.79 Å². The number of ether oxygens (including phenoxy) is 2. The summed E-state index contributed by atoms with van der Waals surface area (Å²) in [5.41, 5.74) is 0.441. The van der Waals surface area contributed by atoms with Crippen molar-refractivity contribution >= 4 is 33.7 Å². The van der Waals surface area contributed by atoms with E-state index in [2.05, 4.69) is 6.58 Å². The molecule has 0 bridgehead atoms. The number of aryl methyl sites for hydroxylation is 2. The molecule has 0 heterocycles. The van der Waals surface area contributed by atoms with Gasteiger partial charge in [0.05, 0.1) is 10.9 Å². The average molecular weight is 650 g/mol. The van der Waals surface area contributed by atoms with Gasteiger partial charge < -0.3 is 9.47 Å². The van der Waals surface area contributed by atoms with E-state index in [1.165, 1.54) is 25.1 Å². The van der Waals surface area contributed by atoms with Gasteiger partial charge in [0.15, 0.2) is 5.44 Å². The van der Waals surface area contributed by atoms with Gasteiger partial charge in [0, 0.05) is 24.8 Å². The lowest BCUT2D eigenvalue weighted by atomic mass is 10.0. The van der Waals surface area contributed by atoms with Crippen molar-refractivity contribution in [3.05, 3.63) is 108 Å². The van der Waals surface area contributed by atoms with Crippen molar-refractivity contribution in [2.75, 3.05) is 6.54 Å². The molecule has 12 heteroatoms. The minimum absolute atomic E-state index is 0.109. The second-order valence-corrected chi connectivity index (χ2v) is 13.1. The summed E-state index contributed by atoms with van der Waals surface area (Å²) in [5, 5.41) is 0. The van der Waals surface area contributed by atoms with E-state index >= 15 is 0 Å². The third-order valence-electron chi connectivity index (χ3n) is 6.53. The van der Waals surface area contributed by atoms with E-state index in [0.717, 1.165) is 27.2 Å². The molecule has 0 radical (unpaired) electrons. The molecule has 0 N–H and O–H groups in total. The Morgan fingerprint density at radius 1 is 0.932 bits per heavy atom. The zero-order valence-corrected chi connectivity index (χ0v) is 26.1. The summed E-state index contributed by atoms with van der Waals surface area (Å²) in [5.74, 6) is -3.17. The fourth-order valence-corrected chi connectivity index (χ4v) is 7.18. The Morgan fingerprint density at radius 3 is 2.02 bits per heavy atom. The van der Waals surface area contributed by atoms with Crippen molar-refractivity contribution in [3.8, 4) is 0 Å². The van der Waals surface area contributed by atoms with Gasteiger partial charge in [0.25, 0.3) is 0 Å². The third kappa shape index (κ3) is 9.70. The van der Waals surface area contributed by atoms with Crippen molar-refractivity contribution in [1.29, 1.82) is 0 Å². The monoisotopic (exact) mass is 649 g/mol. The fourth-order valence-electron chi connectivity index (χ4n) is 4.34. The van der Waals surface area contributed by atoms with E-state index in [-0.39, 0.29) is 24.3 Å². The lowest BCUT2D eigenvalue weighted by molar-refractivity contribution is -0.202. The summed E-state index contributed by atoms with van der Waals surface area (Å²) >= 11 is 0.766. The highest BCUT2D eigenvalue weighted by Crippen LogP contribution is 2.38. The molecule has 0 aliphatic carbocycles. The van der Waals surface area contributed by atoms with Crippen LogP contribution in [0.1, 0.15) is 42.6 Å². The third-order valence-corrected chi connectivity index (χ3v) is 9.65. The van der Waals surface area contributed by atoms with Gasteiger partial charge in [-0.1, -0.05) is 83.6 Å². The maximum Gasteiger partial charge on any atom is 0.490 e. The minimum Gasteiger partial charge on any atom is -0.458 e. The second-order valence-electron chi connectivity index (χ2n) is 10.0. The van der Waals surface area contributed by atoms with Crippen LogP contribution in [0.5, 0.6) is 0 Å². The van der Waals surface area contributed by atoms with Gasteiger partial charge in [0.1, 0.15) is 6.10 Å². The van der Waals surface area contributed by atoms with E-state index < -0.39 is 45.7 Å². The van der Waals surface area contributed by atoms with Gasteiger partial charge in [-0.25, -0.2) is 13.2 Å². The van der Waals surface area contributed by atoms with Crippen LogP contribution in [-0.2, 0) is 29.1 Å². The van der Waals surface area contributed by atoms with Crippen LogP contribution in [0.2, 0.25) is 0 Å². The van der Waals surface area contributed by atoms with Gasteiger partial charge in [-0.15, -0.1) is 6.58 Å². The number of nitrogens with zero attached hydrogens (tertiary/aromatic N) is 1. The summed E-state index contributed by atoms with van der Waals surface area (Å²) in [7, 11) is -4.40. The summed E-state index contributed by atoms with van der Waals surface area (Å²) in [4.78, 5) is 24.8. The molecule has 0 fully saturated rings. The van der Waals surface area contributed by atoms with Gasteiger partial charge in [0.2, 0.25) is 10.0 Å². The van der Waals surface area contributed by atoms with Crippen LogP contribution in [0.25, 0.3) is 0 Å². The zero-order valence-electron chi connectivity index (χ0n) is 24.5. The molecule has 3 aromatic rings. The molecule has 0 saturated carbocycles. The molecule has 0 aromatic heterocycles. The van der Waals surface area contributed by atoms with Crippen LogP contribution < -0.4 is 0 Å². The Morgan fingerprint density at radius 2 is 1.50 bits per heavy atom. The summed E-state index contributed by atoms with van der Waals surface area (Å²) in [6, 6.07) is 19.7. The van der Waals surface area contributed by atoms with Crippen LogP contribution in [0.4, 0.5) is 13.2 Å². The lowest BCUT2D eigenvalue weighted by Gasteiger charge is -2.37. The summed E-state index contributed by atoms with van der Waals surface area (Å²) < 4.78 is 81.0. The zero-order chi connectivity index (χ0) is 32.5. The molecular formula is C32H34F3NO6S2. The molecule has 0 amide bonds. The first kappa shape index (κ1) is 34.9.